The van der Waals surface area contributed by atoms with Crippen molar-refractivity contribution in [2.45, 2.75) is 59.4 Å². The highest BCUT2D eigenvalue weighted by Gasteiger charge is 2.20. The number of ether oxygens (including phenoxy) is 2. The Labute approximate surface area is 210 Å². The molecule has 3 aromatic rings. The monoisotopic (exact) mass is 474 g/mol. The van der Waals surface area contributed by atoms with Gasteiger partial charge in [0, 0.05) is 19.2 Å². The number of methoxy groups -OCH3 is 1. The molecule has 0 saturated carbocycles. The van der Waals surface area contributed by atoms with Crippen LogP contribution in [0.2, 0.25) is 0 Å². The second kappa shape index (κ2) is 13.4. The lowest BCUT2D eigenvalue weighted by molar-refractivity contribution is -0.116. The lowest BCUT2D eigenvalue weighted by atomic mass is 10.1. The summed E-state index contributed by atoms with van der Waals surface area (Å²) < 4.78 is 11.7. The van der Waals surface area contributed by atoms with Crippen molar-refractivity contribution in [1.82, 2.24) is 0 Å². The Bertz CT molecular complexity index is 1080. The molecule has 0 aliphatic carbocycles. The Morgan fingerprint density at radius 1 is 0.914 bits per heavy atom. The molecule has 0 atom stereocenters. The highest BCUT2D eigenvalue weighted by Crippen LogP contribution is 2.35. The number of nitrogens with zero attached hydrogens (tertiary/aromatic N) is 1. The average Bonchev–Trinajstić information content (AvgIpc) is 2.86. The Morgan fingerprint density at radius 3 is 2.40 bits per heavy atom. The summed E-state index contributed by atoms with van der Waals surface area (Å²) in [5, 5.41) is 3.58. The van der Waals surface area contributed by atoms with Gasteiger partial charge in [-0.25, -0.2) is 0 Å². The van der Waals surface area contributed by atoms with Crippen LogP contribution in [-0.4, -0.2) is 19.6 Å². The number of aryl methyl sites for hydroxylation is 1. The molecule has 0 fully saturated rings. The Balaban J connectivity index is 1.86. The minimum absolute atomic E-state index is 0.0538. The number of rotatable bonds is 13. The van der Waals surface area contributed by atoms with E-state index in [1.54, 1.807) is 18.9 Å². The van der Waals surface area contributed by atoms with Crippen molar-refractivity contribution < 1.29 is 14.3 Å². The molecule has 1 N–H and O–H groups in total. The molecule has 0 aromatic heterocycles. The first-order valence-electron chi connectivity index (χ1n) is 12.5. The molecule has 0 bridgehead atoms. The maximum atomic E-state index is 12.9. The second-order valence-electron chi connectivity index (χ2n) is 8.86. The van der Waals surface area contributed by atoms with Crippen molar-refractivity contribution in [2.75, 3.05) is 23.9 Å². The Hall–Kier alpha value is -3.47. The van der Waals surface area contributed by atoms with Gasteiger partial charge >= 0.3 is 0 Å². The third kappa shape index (κ3) is 7.78. The number of anilines is 2. The fourth-order valence-electron chi connectivity index (χ4n) is 4.03. The quantitative estimate of drug-likeness (QED) is 0.258. The van der Waals surface area contributed by atoms with Gasteiger partial charge in [0.2, 0.25) is 5.91 Å². The van der Waals surface area contributed by atoms with Gasteiger partial charge in [0.1, 0.15) is 11.5 Å². The zero-order valence-electron chi connectivity index (χ0n) is 21.5. The van der Waals surface area contributed by atoms with Gasteiger partial charge in [-0.15, -0.1) is 0 Å². The molecule has 0 saturated heterocycles. The molecule has 3 aromatic carbocycles. The van der Waals surface area contributed by atoms with Gasteiger partial charge in [-0.3, -0.25) is 4.79 Å². The topological polar surface area (TPSA) is 50.8 Å². The molecule has 5 heteroatoms. The van der Waals surface area contributed by atoms with E-state index in [4.69, 9.17) is 9.47 Å². The minimum atomic E-state index is -0.0538. The SMILES string of the molecule is CCCCCCCNc1ccc(OC)cc1CN(C(C)=O)c1cc(C)ccc1Oc1ccccc1. The van der Waals surface area contributed by atoms with Crippen LogP contribution < -0.4 is 19.7 Å². The van der Waals surface area contributed by atoms with Crippen LogP contribution in [0.1, 0.15) is 57.1 Å². The summed E-state index contributed by atoms with van der Waals surface area (Å²) in [7, 11) is 1.66. The van der Waals surface area contributed by atoms with Crippen molar-refractivity contribution in [3.63, 3.8) is 0 Å². The summed E-state index contributed by atoms with van der Waals surface area (Å²) in [5.74, 6) is 2.09. The molecule has 0 spiro atoms. The number of hydrogen-bond donors (Lipinski definition) is 1. The maximum Gasteiger partial charge on any atom is 0.224 e. The highest BCUT2D eigenvalue weighted by molar-refractivity contribution is 5.93. The van der Waals surface area contributed by atoms with E-state index in [0.717, 1.165) is 47.0 Å². The van der Waals surface area contributed by atoms with Gasteiger partial charge in [0.25, 0.3) is 0 Å². The lowest BCUT2D eigenvalue weighted by Crippen LogP contribution is -2.28. The normalized spacial score (nSPS) is 10.6. The Morgan fingerprint density at radius 2 is 1.69 bits per heavy atom. The minimum Gasteiger partial charge on any atom is -0.497 e. The number of nitrogens with one attached hydrogen (secondary N) is 1. The number of carbonyl (C=O) groups excluding carboxylic acids is 1. The predicted octanol–water partition coefficient (Wildman–Crippen LogP) is 7.73. The van der Waals surface area contributed by atoms with Crippen molar-refractivity contribution in [3.05, 3.63) is 77.9 Å². The number of benzene rings is 3. The first-order chi connectivity index (χ1) is 17.0. The van der Waals surface area contributed by atoms with E-state index < -0.39 is 0 Å². The number of unbranched alkanes of at least 4 members (excludes halogenated alkanes) is 4. The van der Waals surface area contributed by atoms with E-state index in [9.17, 15) is 4.79 Å². The van der Waals surface area contributed by atoms with Gasteiger partial charge < -0.3 is 19.7 Å². The van der Waals surface area contributed by atoms with Crippen molar-refractivity contribution in [2.24, 2.45) is 0 Å². The molecule has 35 heavy (non-hydrogen) atoms. The summed E-state index contributed by atoms with van der Waals surface area (Å²) in [4.78, 5) is 14.7. The van der Waals surface area contributed by atoms with Gasteiger partial charge in [-0.05, 0) is 66.9 Å². The first-order valence-corrected chi connectivity index (χ1v) is 12.5. The van der Waals surface area contributed by atoms with Crippen molar-refractivity contribution >= 4 is 17.3 Å². The molecule has 0 aliphatic heterocycles. The molecule has 0 aliphatic rings. The zero-order valence-corrected chi connectivity index (χ0v) is 21.5. The van der Waals surface area contributed by atoms with Gasteiger partial charge in [0.15, 0.2) is 5.75 Å². The molecular formula is C30H38N2O3. The number of carbonyl (C=O) groups is 1. The molecule has 5 nitrogen and oxygen atoms in total. The van der Waals surface area contributed by atoms with Crippen LogP contribution >= 0.6 is 0 Å². The Kier molecular flexibility index (Phi) is 10.0. The molecule has 3 rings (SSSR count). The van der Waals surface area contributed by atoms with Crippen molar-refractivity contribution in [1.29, 1.82) is 0 Å². The van der Waals surface area contributed by atoms with Crippen LogP contribution in [0.4, 0.5) is 11.4 Å². The van der Waals surface area contributed by atoms with E-state index in [2.05, 4.69) is 12.2 Å². The second-order valence-corrected chi connectivity index (χ2v) is 8.86. The van der Waals surface area contributed by atoms with Crippen LogP contribution in [0.25, 0.3) is 0 Å². The lowest BCUT2D eigenvalue weighted by Gasteiger charge is -2.26. The van der Waals surface area contributed by atoms with E-state index in [1.807, 2.05) is 73.7 Å². The first kappa shape index (κ1) is 26.1. The molecule has 0 heterocycles. The molecule has 0 radical (unpaired) electrons. The molecule has 186 valence electrons. The third-order valence-electron chi connectivity index (χ3n) is 5.99. The van der Waals surface area contributed by atoms with Crippen molar-refractivity contribution in [3.8, 4) is 17.2 Å². The van der Waals surface area contributed by atoms with Gasteiger partial charge in [0.05, 0.1) is 19.3 Å². The smallest absolute Gasteiger partial charge is 0.224 e. The highest BCUT2D eigenvalue weighted by atomic mass is 16.5. The molecule has 1 amide bonds. The number of hydrogen-bond acceptors (Lipinski definition) is 4. The van der Waals surface area contributed by atoms with E-state index in [-0.39, 0.29) is 5.91 Å². The zero-order chi connectivity index (χ0) is 25.0. The third-order valence-corrected chi connectivity index (χ3v) is 5.99. The largest absolute Gasteiger partial charge is 0.497 e. The summed E-state index contributed by atoms with van der Waals surface area (Å²) in [6.07, 6.45) is 6.13. The molecular weight excluding hydrogens is 436 g/mol. The van der Waals surface area contributed by atoms with Crippen LogP contribution in [0.15, 0.2) is 66.7 Å². The van der Waals surface area contributed by atoms with Crippen LogP contribution in [-0.2, 0) is 11.3 Å². The summed E-state index contributed by atoms with van der Waals surface area (Å²) in [6, 6.07) is 21.6. The maximum absolute atomic E-state index is 12.9. The fourth-order valence-corrected chi connectivity index (χ4v) is 4.03. The molecule has 0 unspecified atom stereocenters. The van der Waals surface area contributed by atoms with Gasteiger partial charge in [-0.2, -0.15) is 0 Å². The number of para-hydroxylation sites is 1. The van der Waals surface area contributed by atoms with E-state index >= 15 is 0 Å². The van der Waals surface area contributed by atoms with Gasteiger partial charge in [-0.1, -0.05) is 56.9 Å². The van der Waals surface area contributed by atoms with Crippen LogP contribution in [0.5, 0.6) is 17.2 Å². The average molecular weight is 475 g/mol. The van der Waals surface area contributed by atoms with Crippen LogP contribution in [0.3, 0.4) is 0 Å². The van der Waals surface area contributed by atoms with Crippen LogP contribution in [0, 0.1) is 6.92 Å². The summed E-state index contributed by atoms with van der Waals surface area (Å²) in [5.41, 5.74) is 3.82. The number of amides is 1. The predicted molar refractivity (Wildman–Crippen MR) is 145 cm³/mol. The standard InChI is InChI=1S/C30H38N2O3/c1-5-6-7-8-12-19-31-28-17-16-27(34-4)21-25(28)22-32(24(3)33)29-20-23(2)15-18-30(29)35-26-13-10-9-11-14-26/h9-11,13-18,20-21,31H,5-8,12,19,22H2,1-4H3. The van der Waals surface area contributed by atoms with E-state index in [1.165, 1.54) is 25.7 Å². The summed E-state index contributed by atoms with van der Waals surface area (Å²) >= 11 is 0. The summed E-state index contributed by atoms with van der Waals surface area (Å²) in [6.45, 7) is 7.14. The fraction of sp³-hybridized carbons (Fsp3) is 0.367. The van der Waals surface area contributed by atoms with E-state index in [0.29, 0.717) is 12.3 Å².